The molecule has 2 aromatic carbocycles. The Morgan fingerprint density at radius 2 is 1.67 bits per heavy atom. The third-order valence-corrected chi connectivity index (χ3v) is 4.07. The maximum atomic E-state index is 11.9. The van der Waals surface area contributed by atoms with Crippen LogP contribution in [0.3, 0.4) is 0 Å². The maximum Gasteiger partial charge on any atom is 0.310 e. The summed E-state index contributed by atoms with van der Waals surface area (Å²) in [6.45, 7) is 6.59. The van der Waals surface area contributed by atoms with E-state index in [0.29, 0.717) is 12.5 Å². The van der Waals surface area contributed by atoms with Gasteiger partial charge in [-0.05, 0) is 42.5 Å². The highest BCUT2D eigenvalue weighted by molar-refractivity contribution is 5.72. The second-order valence-corrected chi connectivity index (χ2v) is 6.15. The zero-order valence-corrected chi connectivity index (χ0v) is 14.7. The van der Waals surface area contributed by atoms with Crippen molar-refractivity contribution in [2.75, 3.05) is 6.61 Å². The van der Waals surface area contributed by atoms with E-state index in [1.165, 1.54) is 5.56 Å². The molecule has 0 amide bonds. The van der Waals surface area contributed by atoms with Gasteiger partial charge in [0.1, 0.15) is 18.5 Å². The molecule has 0 radical (unpaired) electrons. The lowest BCUT2D eigenvalue weighted by Crippen LogP contribution is -2.23. The van der Waals surface area contributed by atoms with Crippen LogP contribution in [0.2, 0.25) is 0 Å². The molecule has 2 atom stereocenters. The summed E-state index contributed by atoms with van der Waals surface area (Å²) in [7, 11) is 0. The van der Waals surface area contributed by atoms with Gasteiger partial charge in [-0.1, -0.05) is 56.3 Å². The van der Waals surface area contributed by atoms with E-state index in [1.807, 2.05) is 49.4 Å². The number of hydrogen-bond acceptors (Lipinski definition) is 3. The lowest BCUT2D eigenvalue weighted by molar-refractivity contribution is -0.148. The summed E-state index contributed by atoms with van der Waals surface area (Å²) in [5, 5.41) is 0. The van der Waals surface area contributed by atoms with Gasteiger partial charge in [-0.15, -0.1) is 0 Å². The highest BCUT2D eigenvalue weighted by atomic mass is 16.6. The highest BCUT2D eigenvalue weighted by Gasteiger charge is 2.11. The van der Waals surface area contributed by atoms with E-state index in [9.17, 15) is 4.79 Å². The van der Waals surface area contributed by atoms with Crippen LogP contribution in [0.4, 0.5) is 0 Å². The van der Waals surface area contributed by atoms with Crippen molar-refractivity contribution >= 4 is 5.97 Å². The summed E-state index contributed by atoms with van der Waals surface area (Å²) in [4.78, 5) is 11.9. The number of benzene rings is 2. The van der Waals surface area contributed by atoms with E-state index in [4.69, 9.17) is 9.47 Å². The molecule has 0 aliphatic rings. The zero-order valence-electron chi connectivity index (χ0n) is 14.7. The molecule has 0 spiro atoms. The molecule has 0 bridgehead atoms. The second-order valence-electron chi connectivity index (χ2n) is 6.15. The summed E-state index contributed by atoms with van der Waals surface area (Å²) < 4.78 is 11.1. The van der Waals surface area contributed by atoms with Gasteiger partial charge < -0.3 is 9.47 Å². The summed E-state index contributed by atoms with van der Waals surface area (Å²) >= 11 is 0. The predicted octanol–water partition coefficient (Wildman–Crippen LogP) is 4.75. The first-order valence-corrected chi connectivity index (χ1v) is 8.54. The highest BCUT2D eigenvalue weighted by Crippen LogP contribution is 2.21. The van der Waals surface area contributed by atoms with E-state index in [1.54, 1.807) is 0 Å². The zero-order chi connectivity index (χ0) is 17.4. The molecule has 2 aromatic rings. The van der Waals surface area contributed by atoms with Crippen LogP contribution in [0.25, 0.3) is 0 Å². The molecule has 128 valence electrons. The fraction of sp³-hybridized carbons (Fsp3) is 0.381. The molecular weight excluding hydrogens is 300 g/mol. The summed E-state index contributed by atoms with van der Waals surface area (Å²) in [5.41, 5.74) is 2.27. The van der Waals surface area contributed by atoms with Crippen molar-refractivity contribution in [3.05, 3.63) is 65.7 Å². The van der Waals surface area contributed by atoms with Crippen molar-refractivity contribution < 1.29 is 14.3 Å². The molecule has 0 aliphatic heterocycles. The minimum atomic E-state index is -0.282. The van der Waals surface area contributed by atoms with Crippen molar-refractivity contribution in [3.63, 3.8) is 0 Å². The number of carbonyl (C=O) groups excluding carboxylic acids is 1. The summed E-state index contributed by atoms with van der Waals surface area (Å²) in [6, 6.07) is 17.7. The predicted molar refractivity (Wildman–Crippen MR) is 96.3 cm³/mol. The smallest absolute Gasteiger partial charge is 0.310 e. The van der Waals surface area contributed by atoms with Crippen molar-refractivity contribution in [3.8, 4) is 5.75 Å². The first kappa shape index (κ1) is 18.1. The van der Waals surface area contributed by atoms with E-state index >= 15 is 0 Å². The standard InChI is InChI=1S/C21H26O3/c1-4-16(2)19-10-12-20(13-11-19)23-15-17(3)24-21(22)14-18-8-6-5-7-9-18/h5-13,16-17H,4,14-15H2,1-3H3/t16-,17-/m0/s1. The SMILES string of the molecule is CC[C@H](C)c1ccc(OC[C@H](C)OC(=O)Cc2ccccc2)cc1. The number of esters is 1. The Bertz CT molecular complexity index is 619. The van der Waals surface area contributed by atoms with Crippen molar-refractivity contribution in [1.82, 2.24) is 0 Å². The fourth-order valence-corrected chi connectivity index (χ4v) is 2.40. The molecule has 0 heterocycles. The Morgan fingerprint density at radius 3 is 2.29 bits per heavy atom. The molecule has 24 heavy (non-hydrogen) atoms. The number of carbonyl (C=O) groups is 1. The number of rotatable bonds is 8. The van der Waals surface area contributed by atoms with Gasteiger partial charge in [-0.25, -0.2) is 0 Å². The fourth-order valence-electron chi connectivity index (χ4n) is 2.40. The van der Waals surface area contributed by atoms with Crippen molar-refractivity contribution in [2.45, 2.75) is 45.6 Å². The lowest BCUT2D eigenvalue weighted by Gasteiger charge is -2.15. The van der Waals surface area contributed by atoms with Crippen LogP contribution in [0.5, 0.6) is 5.75 Å². The number of hydrogen-bond donors (Lipinski definition) is 0. The van der Waals surface area contributed by atoms with Crippen LogP contribution in [0, 0.1) is 0 Å². The van der Waals surface area contributed by atoms with Gasteiger partial charge in [-0.3, -0.25) is 4.79 Å². The monoisotopic (exact) mass is 326 g/mol. The van der Waals surface area contributed by atoms with Crippen molar-refractivity contribution in [2.24, 2.45) is 0 Å². The van der Waals surface area contributed by atoms with Crippen LogP contribution in [0.15, 0.2) is 54.6 Å². The minimum absolute atomic E-state index is 0.232. The van der Waals surface area contributed by atoms with Crippen LogP contribution in [0.1, 0.15) is 44.2 Å². The average Bonchev–Trinajstić information content (AvgIpc) is 2.60. The molecular formula is C21H26O3. The van der Waals surface area contributed by atoms with Gasteiger partial charge in [0.25, 0.3) is 0 Å². The van der Waals surface area contributed by atoms with E-state index in [-0.39, 0.29) is 18.5 Å². The molecule has 0 aliphatic carbocycles. The van der Waals surface area contributed by atoms with Gasteiger partial charge in [0, 0.05) is 0 Å². The van der Waals surface area contributed by atoms with Gasteiger partial charge in [-0.2, -0.15) is 0 Å². The molecule has 2 rings (SSSR count). The van der Waals surface area contributed by atoms with Gasteiger partial charge in [0.05, 0.1) is 6.42 Å². The maximum absolute atomic E-state index is 11.9. The molecule has 3 nitrogen and oxygen atoms in total. The molecule has 0 aromatic heterocycles. The molecule has 0 saturated carbocycles. The molecule has 0 saturated heterocycles. The third kappa shape index (κ3) is 5.73. The summed E-state index contributed by atoms with van der Waals surface area (Å²) in [5.74, 6) is 1.12. The van der Waals surface area contributed by atoms with Crippen LogP contribution >= 0.6 is 0 Å². The van der Waals surface area contributed by atoms with Crippen LogP contribution in [-0.2, 0) is 16.0 Å². The van der Waals surface area contributed by atoms with Crippen molar-refractivity contribution in [1.29, 1.82) is 0 Å². The molecule has 3 heteroatoms. The quantitative estimate of drug-likeness (QED) is 0.657. The normalized spacial score (nSPS) is 13.1. The minimum Gasteiger partial charge on any atom is -0.490 e. The Balaban J connectivity index is 1.76. The molecule has 0 fully saturated rings. The van der Waals surface area contributed by atoms with Crippen LogP contribution < -0.4 is 4.74 Å². The molecule has 0 unspecified atom stereocenters. The Labute approximate surface area is 144 Å². The van der Waals surface area contributed by atoms with E-state index in [0.717, 1.165) is 17.7 Å². The second kappa shape index (κ2) is 9.11. The van der Waals surface area contributed by atoms with E-state index in [2.05, 4.69) is 26.0 Å². The third-order valence-electron chi connectivity index (χ3n) is 4.07. The Morgan fingerprint density at radius 1 is 1.00 bits per heavy atom. The molecule has 0 N–H and O–H groups in total. The van der Waals surface area contributed by atoms with Crippen LogP contribution in [-0.4, -0.2) is 18.7 Å². The Kier molecular flexibility index (Phi) is 6.86. The Hall–Kier alpha value is -2.29. The van der Waals surface area contributed by atoms with Gasteiger partial charge in [0.15, 0.2) is 0 Å². The largest absolute Gasteiger partial charge is 0.490 e. The first-order valence-electron chi connectivity index (χ1n) is 8.54. The van der Waals surface area contributed by atoms with Gasteiger partial charge in [0.2, 0.25) is 0 Å². The van der Waals surface area contributed by atoms with E-state index < -0.39 is 0 Å². The average molecular weight is 326 g/mol. The summed E-state index contributed by atoms with van der Waals surface area (Å²) in [6.07, 6.45) is 1.12. The first-order chi connectivity index (χ1) is 11.6. The lowest BCUT2D eigenvalue weighted by atomic mass is 9.99. The van der Waals surface area contributed by atoms with Gasteiger partial charge >= 0.3 is 5.97 Å². The topological polar surface area (TPSA) is 35.5 Å². The number of ether oxygens (including phenoxy) is 2.